The van der Waals surface area contributed by atoms with Crippen molar-refractivity contribution >= 4 is 35.3 Å². The van der Waals surface area contributed by atoms with Crippen LogP contribution in [0.2, 0.25) is 0 Å². The molecule has 13 heavy (non-hydrogen) atoms. The first-order chi connectivity index (χ1) is 6.40. The molecule has 1 nitrogen and oxygen atoms in total. The number of thiophene rings is 1. The van der Waals surface area contributed by atoms with E-state index in [-0.39, 0.29) is 0 Å². The summed E-state index contributed by atoms with van der Waals surface area (Å²) in [6.45, 7) is 0. The lowest BCUT2D eigenvalue weighted by atomic mass is 10.4. The summed E-state index contributed by atoms with van der Waals surface area (Å²) in [5.74, 6) is 0.869. The van der Waals surface area contributed by atoms with Crippen molar-refractivity contribution in [2.24, 2.45) is 0 Å². The number of hydrogen-bond acceptors (Lipinski definition) is 4. The Kier molecular flexibility index (Phi) is 3.03. The minimum atomic E-state index is 0.869. The largest absolute Gasteiger partial charge is 0.240 e. The van der Waals surface area contributed by atoms with Gasteiger partial charge in [0, 0.05) is 5.38 Å². The molecule has 0 aliphatic heterocycles. The van der Waals surface area contributed by atoms with Crippen LogP contribution in [-0.4, -0.2) is 10.7 Å². The number of aryl methyl sites for hydroxylation is 1. The molecule has 4 heteroatoms. The Bertz CT molecular complexity index is 364. The molecule has 0 radical (unpaired) electrons. The molecule has 0 bridgehead atoms. The van der Waals surface area contributed by atoms with Gasteiger partial charge in [0.2, 0.25) is 0 Å². The second-order valence-electron chi connectivity index (χ2n) is 2.59. The SMILES string of the molecule is SCCc1csc(-c2cccs2)n1. The van der Waals surface area contributed by atoms with Gasteiger partial charge in [0.25, 0.3) is 0 Å². The van der Waals surface area contributed by atoms with Crippen LogP contribution in [0.15, 0.2) is 22.9 Å². The van der Waals surface area contributed by atoms with Crippen molar-refractivity contribution in [1.29, 1.82) is 0 Å². The highest BCUT2D eigenvalue weighted by atomic mass is 32.1. The first-order valence-electron chi connectivity index (χ1n) is 3.99. The van der Waals surface area contributed by atoms with Crippen molar-refractivity contribution < 1.29 is 0 Å². The number of thiol groups is 1. The molecule has 0 unspecified atom stereocenters. The van der Waals surface area contributed by atoms with Gasteiger partial charge in [-0.15, -0.1) is 22.7 Å². The van der Waals surface area contributed by atoms with E-state index in [0.717, 1.165) is 22.9 Å². The van der Waals surface area contributed by atoms with Crippen LogP contribution in [0.4, 0.5) is 0 Å². The number of nitrogens with zero attached hydrogens (tertiary/aromatic N) is 1. The van der Waals surface area contributed by atoms with Crippen LogP contribution in [0, 0.1) is 0 Å². The molecule has 2 rings (SSSR count). The van der Waals surface area contributed by atoms with Crippen LogP contribution in [0.25, 0.3) is 9.88 Å². The fourth-order valence-corrected chi connectivity index (χ4v) is 2.95. The predicted molar refractivity (Wildman–Crippen MR) is 63.0 cm³/mol. The van der Waals surface area contributed by atoms with Crippen molar-refractivity contribution in [1.82, 2.24) is 4.98 Å². The van der Waals surface area contributed by atoms with Crippen molar-refractivity contribution in [3.05, 3.63) is 28.6 Å². The highest BCUT2D eigenvalue weighted by Crippen LogP contribution is 2.27. The molecule has 0 saturated heterocycles. The van der Waals surface area contributed by atoms with Crippen LogP contribution >= 0.6 is 35.3 Å². The third kappa shape index (κ3) is 2.13. The van der Waals surface area contributed by atoms with Gasteiger partial charge in [-0.1, -0.05) is 6.07 Å². The highest BCUT2D eigenvalue weighted by Gasteiger charge is 2.04. The van der Waals surface area contributed by atoms with E-state index in [2.05, 4.69) is 40.5 Å². The van der Waals surface area contributed by atoms with Crippen molar-refractivity contribution in [2.45, 2.75) is 6.42 Å². The minimum absolute atomic E-state index is 0.869. The lowest BCUT2D eigenvalue weighted by Gasteiger charge is -1.88. The standard InChI is InChI=1S/C9H9NS3/c11-4-3-7-6-13-9(10-7)8-2-1-5-12-8/h1-2,5-6,11H,3-4H2. The molecule has 68 valence electrons. The summed E-state index contributed by atoms with van der Waals surface area (Å²) >= 11 is 7.63. The second kappa shape index (κ2) is 4.26. The molecular weight excluding hydrogens is 218 g/mol. The highest BCUT2D eigenvalue weighted by molar-refractivity contribution is 7.80. The number of hydrogen-bond donors (Lipinski definition) is 1. The van der Waals surface area contributed by atoms with Crippen LogP contribution in [-0.2, 0) is 6.42 Å². The summed E-state index contributed by atoms with van der Waals surface area (Å²) < 4.78 is 0. The summed E-state index contributed by atoms with van der Waals surface area (Å²) in [5, 5.41) is 5.33. The van der Waals surface area contributed by atoms with E-state index >= 15 is 0 Å². The monoisotopic (exact) mass is 227 g/mol. The number of aromatic nitrogens is 1. The zero-order chi connectivity index (χ0) is 9.10. The molecule has 2 aromatic heterocycles. The van der Waals surface area contributed by atoms with Gasteiger partial charge in [-0.05, 0) is 23.6 Å². The summed E-state index contributed by atoms with van der Waals surface area (Å²) in [4.78, 5) is 5.78. The van der Waals surface area contributed by atoms with Gasteiger partial charge in [0.15, 0.2) is 0 Å². The van der Waals surface area contributed by atoms with E-state index in [9.17, 15) is 0 Å². The van der Waals surface area contributed by atoms with Gasteiger partial charge in [0.1, 0.15) is 5.01 Å². The van der Waals surface area contributed by atoms with E-state index in [0.29, 0.717) is 0 Å². The zero-order valence-corrected chi connectivity index (χ0v) is 9.46. The fourth-order valence-electron chi connectivity index (χ4n) is 1.05. The van der Waals surface area contributed by atoms with Gasteiger partial charge >= 0.3 is 0 Å². The molecule has 0 N–H and O–H groups in total. The molecular formula is C9H9NS3. The molecule has 0 fully saturated rings. The van der Waals surface area contributed by atoms with Crippen molar-refractivity contribution in [3.63, 3.8) is 0 Å². The first kappa shape index (κ1) is 9.24. The average Bonchev–Trinajstić information content (AvgIpc) is 2.70. The van der Waals surface area contributed by atoms with Gasteiger partial charge < -0.3 is 0 Å². The molecule has 0 amide bonds. The Morgan fingerprint density at radius 3 is 3.00 bits per heavy atom. The molecule has 0 aliphatic carbocycles. The van der Waals surface area contributed by atoms with Gasteiger partial charge in [-0.3, -0.25) is 0 Å². The molecule has 0 atom stereocenters. The Morgan fingerprint density at radius 1 is 1.38 bits per heavy atom. The lowest BCUT2D eigenvalue weighted by molar-refractivity contribution is 1.08. The lowest BCUT2D eigenvalue weighted by Crippen LogP contribution is -1.84. The van der Waals surface area contributed by atoms with E-state index in [1.807, 2.05) is 0 Å². The van der Waals surface area contributed by atoms with Crippen LogP contribution in [0.5, 0.6) is 0 Å². The predicted octanol–water partition coefficient (Wildman–Crippen LogP) is 3.34. The maximum Gasteiger partial charge on any atom is 0.133 e. The Morgan fingerprint density at radius 2 is 2.31 bits per heavy atom. The summed E-state index contributed by atoms with van der Waals surface area (Å²) in [6, 6.07) is 4.16. The first-order valence-corrected chi connectivity index (χ1v) is 6.38. The zero-order valence-electron chi connectivity index (χ0n) is 6.93. The van der Waals surface area contributed by atoms with E-state index < -0.39 is 0 Å². The normalized spacial score (nSPS) is 10.5. The van der Waals surface area contributed by atoms with Gasteiger partial charge in [0.05, 0.1) is 10.6 Å². The minimum Gasteiger partial charge on any atom is -0.240 e. The van der Waals surface area contributed by atoms with E-state index in [4.69, 9.17) is 0 Å². The number of rotatable bonds is 3. The average molecular weight is 227 g/mol. The van der Waals surface area contributed by atoms with Crippen molar-refractivity contribution in [3.8, 4) is 9.88 Å². The summed E-state index contributed by atoms with van der Waals surface area (Å²) in [5.41, 5.74) is 1.16. The Labute approximate surface area is 90.9 Å². The molecule has 0 spiro atoms. The maximum atomic E-state index is 4.52. The fraction of sp³-hybridized carbons (Fsp3) is 0.222. The Hall–Kier alpha value is -0.320. The summed E-state index contributed by atoms with van der Waals surface area (Å²) in [7, 11) is 0. The van der Waals surface area contributed by atoms with Gasteiger partial charge in [-0.2, -0.15) is 12.6 Å². The van der Waals surface area contributed by atoms with Crippen molar-refractivity contribution in [2.75, 3.05) is 5.75 Å². The third-order valence-electron chi connectivity index (χ3n) is 1.65. The second-order valence-corrected chi connectivity index (χ2v) is 4.85. The van der Waals surface area contributed by atoms with Crippen LogP contribution in [0.3, 0.4) is 0 Å². The molecule has 2 heterocycles. The number of thiazole rings is 1. The molecule has 0 saturated carbocycles. The molecule has 2 aromatic rings. The van der Waals surface area contributed by atoms with E-state index in [1.165, 1.54) is 4.88 Å². The topological polar surface area (TPSA) is 12.9 Å². The molecule has 0 aliphatic rings. The maximum absolute atomic E-state index is 4.52. The van der Waals surface area contributed by atoms with Crippen LogP contribution in [0.1, 0.15) is 5.69 Å². The molecule has 0 aromatic carbocycles. The van der Waals surface area contributed by atoms with E-state index in [1.54, 1.807) is 22.7 Å². The van der Waals surface area contributed by atoms with Gasteiger partial charge in [-0.25, -0.2) is 4.98 Å². The quantitative estimate of drug-likeness (QED) is 0.794. The summed E-state index contributed by atoms with van der Waals surface area (Å²) in [6.07, 6.45) is 0.963. The Balaban J connectivity index is 2.23. The van der Waals surface area contributed by atoms with Crippen LogP contribution < -0.4 is 0 Å². The smallest absolute Gasteiger partial charge is 0.133 e. The third-order valence-corrected chi connectivity index (χ3v) is 3.81.